The predicted molar refractivity (Wildman–Crippen MR) is 81.3 cm³/mol. The van der Waals surface area contributed by atoms with Gasteiger partial charge in [-0.2, -0.15) is 15.1 Å². The second-order valence-electron chi connectivity index (χ2n) is 5.87. The fraction of sp³-hybridized carbons (Fsp3) is 0.267. The molecule has 3 aromatic rings. The highest BCUT2D eigenvalue weighted by Gasteiger charge is 2.20. The molecule has 0 saturated carbocycles. The van der Waals surface area contributed by atoms with E-state index in [0.717, 1.165) is 11.3 Å². The summed E-state index contributed by atoms with van der Waals surface area (Å²) in [5, 5.41) is 7.42. The van der Waals surface area contributed by atoms with Gasteiger partial charge in [-0.25, -0.2) is 0 Å². The summed E-state index contributed by atoms with van der Waals surface area (Å²) in [5.41, 5.74) is 7.33. The normalized spacial score (nSPS) is 11.8. The average Bonchev–Trinajstić information content (AvgIpc) is 2.86. The smallest absolute Gasteiger partial charge is 0.235 e. The van der Waals surface area contributed by atoms with Gasteiger partial charge in [-0.05, 0) is 11.5 Å². The molecule has 3 N–H and O–H groups in total. The molecule has 0 saturated heterocycles. The van der Waals surface area contributed by atoms with Gasteiger partial charge in [0.2, 0.25) is 11.8 Å². The first kappa shape index (κ1) is 13.4. The Balaban J connectivity index is 2.09. The molecule has 21 heavy (non-hydrogen) atoms. The maximum atomic E-state index is 6.00. The van der Waals surface area contributed by atoms with Crippen LogP contribution >= 0.6 is 0 Å². The molecule has 0 fully saturated rings. The average molecular weight is 283 g/mol. The maximum Gasteiger partial charge on any atom is 0.235 e. The number of para-hydroxylation sites is 1. The van der Waals surface area contributed by atoms with E-state index in [2.05, 4.69) is 40.9 Å². The first-order valence-corrected chi connectivity index (χ1v) is 6.69. The minimum Gasteiger partial charge on any atom is -0.438 e. The van der Waals surface area contributed by atoms with Crippen molar-refractivity contribution in [3.63, 3.8) is 0 Å². The minimum absolute atomic E-state index is 0.0370. The number of benzene rings is 1. The second kappa shape index (κ2) is 4.73. The number of nitrogen functional groups attached to an aromatic ring is 1. The highest BCUT2D eigenvalue weighted by molar-refractivity contribution is 5.80. The molecule has 0 amide bonds. The van der Waals surface area contributed by atoms with Crippen LogP contribution in [0.5, 0.6) is 11.6 Å². The van der Waals surface area contributed by atoms with E-state index < -0.39 is 0 Å². The van der Waals surface area contributed by atoms with E-state index in [0.29, 0.717) is 16.9 Å². The van der Waals surface area contributed by atoms with Gasteiger partial charge in [0.15, 0.2) is 5.65 Å². The molecule has 2 aromatic heterocycles. The molecule has 6 nitrogen and oxygen atoms in total. The van der Waals surface area contributed by atoms with Crippen LogP contribution in [-0.2, 0) is 5.41 Å². The largest absolute Gasteiger partial charge is 0.438 e. The Morgan fingerprint density at radius 2 is 1.90 bits per heavy atom. The van der Waals surface area contributed by atoms with Gasteiger partial charge in [0.05, 0.1) is 6.20 Å². The number of hydrogen-bond donors (Lipinski definition) is 2. The number of nitrogens with zero attached hydrogens (tertiary/aromatic N) is 3. The van der Waals surface area contributed by atoms with Crippen LogP contribution in [0.2, 0.25) is 0 Å². The Hall–Kier alpha value is -2.63. The van der Waals surface area contributed by atoms with E-state index in [9.17, 15) is 0 Å². The lowest BCUT2D eigenvalue weighted by Crippen LogP contribution is -2.12. The van der Waals surface area contributed by atoms with E-state index in [-0.39, 0.29) is 11.4 Å². The molecule has 0 unspecified atom stereocenters. The number of anilines is 1. The summed E-state index contributed by atoms with van der Waals surface area (Å²) in [5.74, 6) is 1.31. The number of aromatic amines is 1. The van der Waals surface area contributed by atoms with Crippen LogP contribution in [0.15, 0.2) is 30.5 Å². The fourth-order valence-corrected chi connectivity index (χ4v) is 2.18. The number of nitrogens with one attached hydrogen (secondary N) is 1. The van der Waals surface area contributed by atoms with Gasteiger partial charge in [-0.3, -0.25) is 5.10 Å². The van der Waals surface area contributed by atoms with Crippen molar-refractivity contribution in [2.45, 2.75) is 26.2 Å². The van der Waals surface area contributed by atoms with Crippen LogP contribution in [0.25, 0.3) is 11.0 Å². The van der Waals surface area contributed by atoms with Crippen LogP contribution < -0.4 is 10.5 Å². The number of H-pyrrole nitrogens is 1. The molecule has 2 heterocycles. The number of aromatic nitrogens is 4. The van der Waals surface area contributed by atoms with Gasteiger partial charge < -0.3 is 10.5 Å². The lowest BCUT2D eigenvalue weighted by molar-refractivity contribution is 0.445. The van der Waals surface area contributed by atoms with Crippen molar-refractivity contribution in [3.8, 4) is 11.6 Å². The van der Waals surface area contributed by atoms with Crippen molar-refractivity contribution in [1.82, 2.24) is 20.2 Å². The number of nitrogens with two attached hydrogens (primary N) is 1. The number of rotatable bonds is 2. The minimum atomic E-state index is -0.0370. The molecule has 0 spiro atoms. The van der Waals surface area contributed by atoms with Crippen molar-refractivity contribution in [2.75, 3.05) is 5.73 Å². The third-order valence-corrected chi connectivity index (χ3v) is 3.19. The predicted octanol–water partition coefficient (Wildman–Crippen LogP) is 3.02. The van der Waals surface area contributed by atoms with Crippen molar-refractivity contribution in [2.24, 2.45) is 0 Å². The van der Waals surface area contributed by atoms with Gasteiger partial charge in [0.1, 0.15) is 11.1 Å². The molecule has 0 aliphatic carbocycles. The fourth-order valence-electron chi connectivity index (χ4n) is 2.18. The van der Waals surface area contributed by atoms with Gasteiger partial charge in [0, 0.05) is 5.56 Å². The van der Waals surface area contributed by atoms with Crippen LogP contribution in [0.1, 0.15) is 26.3 Å². The molecule has 0 aliphatic rings. The molecular weight excluding hydrogens is 266 g/mol. The van der Waals surface area contributed by atoms with Crippen LogP contribution in [-0.4, -0.2) is 20.2 Å². The quantitative estimate of drug-likeness (QED) is 0.754. The van der Waals surface area contributed by atoms with Crippen LogP contribution in [0.3, 0.4) is 0 Å². The summed E-state index contributed by atoms with van der Waals surface area (Å²) in [7, 11) is 0. The number of ether oxygens (including phenoxy) is 1. The first-order chi connectivity index (χ1) is 9.95. The highest BCUT2D eigenvalue weighted by Crippen LogP contribution is 2.35. The van der Waals surface area contributed by atoms with Gasteiger partial charge in [-0.1, -0.05) is 39.0 Å². The summed E-state index contributed by atoms with van der Waals surface area (Å²) >= 11 is 0. The van der Waals surface area contributed by atoms with Crippen molar-refractivity contribution in [1.29, 1.82) is 0 Å². The van der Waals surface area contributed by atoms with E-state index in [1.54, 1.807) is 6.20 Å². The Morgan fingerprint density at radius 1 is 1.14 bits per heavy atom. The molecule has 6 heteroatoms. The number of fused-ring (bicyclic) bond motifs is 1. The van der Waals surface area contributed by atoms with Crippen LogP contribution in [0, 0.1) is 0 Å². The second-order valence-corrected chi connectivity index (χ2v) is 5.87. The summed E-state index contributed by atoms with van der Waals surface area (Å²) in [6.45, 7) is 6.41. The van der Waals surface area contributed by atoms with Gasteiger partial charge in [0.25, 0.3) is 0 Å². The van der Waals surface area contributed by atoms with Crippen molar-refractivity contribution < 1.29 is 4.74 Å². The molecule has 0 aliphatic heterocycles. The monoisotopic (exact) mass is 283 g/mol. The molecule has 0 atom stereocenters. The summed E-state index contributed by atoms with van der Waals surface area (Å²) in [6, 6.07) is 7.90. The first-order valence-electron chi connectivity index (χ1n) is 6.69. The SMILES string of the molecule is CC(C)(C)c1ccccc1Oc1nc(N)nc2[nH]ncc12. The molecule has 1 aromatic carbocycles. The Kier molecular flexibility index (Phi) is 3.01. The van der Waals surface area contributed by atoms with E-state index in [1.165, 1.54) is 0 Å². The molecule has 3 rings (SSSR count). The summed E-state index contributed by atoms with van der Waals surface area (Å²) < 4.78 is 6.00. The van der Waals surface area contributed by atoms with E-state index in [4.69, 9.17) is 10.5 Å². The Bertz CT molecular complexity index is 788. The van der Waals surface area contributed by atoms with E-state index in [1.807, 2.05) is 24.3 Å². The number of hydrogen-bond acceptors (Lipinski definition) is 5. The molecule has 0 radical (unpaired) electrons. The zero-order valence-electron chi connectivity index (χ0n) is 12.2. The molecule has 0 bridgehead atoms. The highest BCUT2D eigenvalue weighted by atomic mass is 16.5. The van der Waals surface area contributed by atoms with Crippen LogP contribution in [0.4, 0.5) is 5.95 Å². The lowest BCUT2D eigenvalue weighted by Gasteiger charge is -2.22. The standard InChI is InChI=1S/C15H17N5O/c1-15(2,3)10-6-4-5-7-11(10)21-13-9-8-17-20-12(9)18-14(16)19-13/h4-8H,1-3H3,(H3,16,17,18,19,20). The molecule has 108 valence electrons. The van der Waals surface area contributed by atoms with Crippen molar-refractivity contribution in [3.05, 3.63) is 36.0 Å². The zero-order valence-corrected chi connectivity index (χ0v) is 12.2. The Labute approximate surface area is 122 Å². The Morgan fingerprint density at radius 3 is 2.67 bits per heavy atom. The topological polar surface area (TPSA) is 89.7 Å². The third kappa shape index (κ3) is 2.52. The third-order valence-electron chi connectivity index (χ3n) is 3.19. The zero-order chi connectivity index (χ0) is 15.0. The summed E-state index contributed by atoms with van der Waals surface area (Å²) in [4.78, 5) is 8.25. The molecular formula is C15H17N5O. The van der Waals surface area contributed by atoms with E-state index >= 15 is 0 Å². The van der Waals surface area contributed by atoms with Gasteiger partial charge in [-0.15, -0.1) is 0 Å². The summed E-state index contributed by atoms with van der Waals surface area (Å²) in [6.07, 6.45) is 1.63. The maximum absolute atomic E-state index is 6.00. The lowest BCUT2D eigenvalue weighted by atomic mass is 9.86. The van der Waals surface area contributed by atoms with Crippen molar-refractivity contribution >= 4 is 17.0 Å². The van der Waals surface area contributed by atoms with Gasteiger partial charge >= 0.3 is 0 Å².